The lowest BCUT2D eigenvalue weighted by molar-refractivity contribution is -0.122. The van der Waals surface area contributed by atoms with Crippen LogP contribution < -0.4 is 21.0 Å². The number of carbonyl (C=O) groups is 2. The SMILES string of the molecule is NCCNC1CCCC(CC(=O)N[C@H]2Cc3cccc(C(=O)O)c3OB2O)CC1. The van der Waals surface area contributed by atoms with E-state index in [-0.39, 0.29) is 17.2 Å². The first-order chi connectivity index (χ1) is 14.0. The number of hydrogen-bond acceptors (Lipinski definition) is 6. The summed E-state index contributed by atoms with van der Waals surface area (Å²) in [4.78, 5) is 23.9. The maximum absolute atomic E-state index is 12.6. The minimum atomic E-state index is -1.27. The molecule has 1 aliphatic heterocycles. The molecular formula is C20H30BN3O5. The van der Waals surface area contributed by atoms with Crippen LogP contribution in [0.5, 0.6) is 5.75 Å². The largest absolute Gasteiger partial charge is 0.547 e. The van der Waals surface area contributed by atoms with E-state index in [0.717, 1.165) is 38.6 Å². The maximum atomic E-state index is 12.6. The van der Waals surface area contributed by atoms with Gasteiger partial charge in [0.25, 0.3) is 0 Å². The first-order valence-electron chi connectivity index (χ1n) is 10.4. The third-order valence-electron chi connectivity index (χ3n) is 5.84. The normalized spacial score (nSPS) is 24.2. The summed E-state index contributed by atoms with van der Waals surface area (Å²) in [6.07, 6.45) is 6.00. The predicted molar refractivity (Wildman–Crippen MR) is 110 cm³/mol. The average Bonchev–Trinajstić information content (AvgIpc) is 2.91. The summed E-state index contributed by atoms with van der Waals surface area (Å²) in [5.74, 6) is -1.30. The van der Waals surface area contributed by atoms with E-state index in [0.29, 0.717) is 36.9 Å². The van der Waals surface area contributed by atoms with Gasteiger partial charge in [-0.05, 0) is 49.7 Å². The van der Waals surface area contributed by atoms with Gasteiger partial charge in [-0.2, -0.15) is 0 Å². The van der Waals surface area contributed by atoms with E-state index in [1.54, 1.807) is 12.1 Å². The van der Waals surface area contributed by atoms with Gasteiger partial charge in [0.2, 0.25) is 5.91 Å². The Bertz CT molecular complexity index is 732. The van der Waals surface area contributed by atoms with Crippen molar-refractivity contribution < 1.29 is 24.4 Å². The Kier molecular flexibility index (Phi) is 7.52. The highest BCUT2D eigenvalue weighted by Crippen LogP contribution is 2.30. The molecule has 158 valence electrons. The van der Waals surface area contributed by atoms with Crippen LogP contribution in [0, 0.1) is 5.92 Å². The van der Waals surface area contributed by atoms with E-state index in [9.17, 15) is 19.7 Å². The molecule has 2 aliphatic rings. The van der Waals surface area contributed by atoms with Crippen molar-refractivity contribution in [1.29, 1.82) is 0 Å². The number of amides is 1. The highest BCUT2D eigenvalue weighted by Gasteiger charge is 2.38. The van der Waals surface area contributed by atoms with Gasteiger partial charge in [-0.1, -0.05) is 18.6 Å². The van der Waals surface area contributed by atoms with Crippen LogP contribution in [-0.4, -0.2) is 54.2 Å². The number of hydrogen-bond donors (Lipinski definition) is 5. The summed E-state index contributed by atoms with van der Waals surface area (Å²) >= 11 is 0. The Morgan fingerprint density at radius 3 is 2.83 bits per heavy atom. The molecule has 0 spiro atoms. The fourth-order valence-corrected chi connectivity index (χ4v) is 4.32. The van der Waals surface area contributed by atoms with Gasteiger partial charge in [0.1, 0.15) is 5.75 Å². The minimum Gasteiger partial charge on any atom is -0.534 e. The average molecular weight is 403 g/mol. The van der Waals surface area contributed by atoms with Gasteiger partial charge in [0.05, 0.1) is 11.5 Å². The molecule has 9 heteroatoms. The van der Waals surface area contributed by atoms with Crippen LogP contribution in [0.4, 0.5) is 0 Å². The van der Waals surface area contributed by atoms with Gasteiger partial charge < -0.3 is 31.2 Å². The molecule has 1 saturated carbocycles. The quantitative estimate of drug-likeness (QED) is 0.334. The summed E-state index contributed by atoms with van der Waals surface area (Å²) in [7, 11) is -1.27. The van der Waals surface area contributed by atoms with E-state index in [1.165, 1.54) is 6.07 Å². The lowest BCUT2D eigenvalue weighted by Crippen LogP contribution is -2.53. The Hall–Kier alpha value is -2.10. The second-order valence-electron chi connectivity index (χ2n) is 8.00. The molecule has 8 nitrogen and oxygen atoms in total. The smallest absolute Gasteiger partial charge is 0.534 e. The van der Waals surface area contributed by atoms with Crippen molar-refractivity contribution in [2.75, 3.05) is 13.1 Å². The van der Waals surface area contributed by atoms with Crippen molar-refractivity contribution >= 4 is 19.0 Å². The number of nitrogens with one attached hydrogen (secondary N) is 2. The molecule has 0 aromatic heterocycles. The maximum Gasteiger partial charge on any atom is 0.547 e. The molecule has 1 aromatic rings. The minimum absolute atomic E-state index is 0.0163. The Morgan fingerprint density at radius 1 is 1.24 bits per heavy atom. The van der Waals surface area contributed by atoms with Crippen LogP contribution >= 0.6 is 0 Å². The molecular weight excluding hydrogens is 373 g/mol. The number of para-hydroxylation sites is 1. The van der Waals surface area contributed by atoms with Gasteiger partial charge in [0.15, 0.2) is 0 Å². The lowest BCUT2D eigenvalue weighted by atomic mass is 9.72. The van der Waals surface area contributed by atoms with Crippen LogP contribution in [0.2, 0.25) is 0 Å². The summed E-state index contributed by atoms with van der Waals surface area (Å²) in [5.41, 5.74) is 6.24. The fourth-order valence-electron chi connectivity index (χ4n) is 4.32. The molecule has 1 heterocycles. The molecule has 29 heavy (non-hydrogen) atoms. The standard InChI is InChI=1S/C20H30BN3O5/c22-9-10-23-15-5-1-3-13(7-8-15)11-18(25)24-17-12-14-4-2-6-16(20(26)27)19(14)29-21(17)28/h2,4,6,13,15,17,23,28H,1,3,5,7-12,22H2,(H,24,25)(H,26,27)/t13?,15?,17-/m0/s1. The van der Waals surface area contributed by atoms with Gasteiger partial charge in [-0.15, -0.1) is 0 Å². The van der Waals surface area contributed by atoms with Gasteiger partial charge in [-0.3, -0.25) is 4.79 Å². The zero-order chi connectivity index (χ0) is 20.8. The zero-order valence-electron chi connectivity index (χ0n) is 16.6. The number of aromatic carboxylic acids is 1. The highest BCUT2D eigenvalue weighted by molar-refractivity contribution is 6.47. The third kappa shape index (κ3) is 5.71. The van der Waals surface area contributed by atoms with E-state index in [2.05, 4.69) is 10.6 Å². The number of carbonyl (C=O) groups excluding carboxylic acids is 1. The van der Waals surface area contributed by atoms with Crippen LogP contribution in [0.1, 0.15) is 54.4 Å². The van der Waals surface area contributed by atoms with Crippen molar-refractivity contribution in [2.24, 2.45) is 11.7 Å². The summed E-state index contributed by atoms with van der Waals surface area (Å²) < 4.78 is 5.44. The number of fused-ring (bicyclic) bond motifs is 1. The number of carboxylic acid groups (broad SMARTS) is 1. The van der Waals surface area contributed by atoms with Crippen molar-refractivity contribution in [3.63, 3.8) is 0 Å². The Balaban J connectivity index is 1.53. The first kappa shape index (κ1) is 21.6. The van der Waals surface area contributed by atoms with Crippen LogP contribution in [0.25, 0.3) is 0 Å². The van der Waals surface area contributed by atoms with Crippen LogP contribution in [-0.2, 0) is 11.2 Å². The molecule has 1 fully saturated rings. The summed E-state index contributed by atoms with van der Waals surface area (Å²) in [6.45, 7) is 1.45. The van der Waals surface area contributed by atoms with Gasteiger partial charge in [-0.25, -0.2) is 4.79 Å². The van der Waals surface area contributed by atoms with E-state index in [4.69, 9.17) is 10.4 Å². The molecule has 2 unspecified atom stereocenters. The topological polar surface area (TPSA) is 134 Å². The summed E-state index contributed by atoms with van der Waals surface area (Å²) in [5, 5.41) is 25.9. The number of benzene rings is 1. The number of carboxylic acids is 1. The van der Waals surface area contributed by atoms with E-state index in [1.807, 2.05) is 0 Å². The van der Waals surface area contributed by atoms with Crippen LogP contribution in [0.15, 0.2) is 18.2 Å². The van der Waals surface area contributed by atoms with Crippen molar-refractivity contribution in [2.45, 2.75) is 56.9 Å². The summed E-state index contributed by atoms with van der Waals surface area (Å²) in [6, 6.07) is 5.31. The third-order valence-corrected chi connectivity index (χ3v) is 5.84. The van der Waals surface area contributed by atoms with Crippen LogP contribution in [0.3, 0.4) is 0 Å². The second kappa shape index (κ2) is 10.1. The molecule has 3 atom stereocenters. The molecule has 0 saturated heterocycles. The van der Waals surface area contributed by atoms with Gasteiger partial charge >= 0.3 is 13.1 Å². The van der Waals surface area contributed by atoms with Gasteiger partial charge in [0, 0.05) is 25.6 Å². The number of nitrogens with two attached hydrogens (primary N) is 1. The molecule has 0 radical (unpaired) electrons. The molecule has 0 bridgehead atoms. The molecule has 3 rings (SSSR count). The Labute approximate surface area is 171 Å². The van der Waals surface area contributed by atoms with Crippen molar-refractivity contribution in [1.82, 2.24) is 10.6 Å². The lowest BCUT2D eigenvalue weighted by Gasteiger charge is -2.29. The zero-order valence-corrected chi connectivity index (χ0v) is 16.6. The molecule has 1 amide bonds. The predicted octanol–water partition coefficient (Wildman–Crippen LogP) is 0.712. The molecule has 6 N–H and O–H groups in total. The first-order valence-corrected chi connectivity index (χ1v) is 10.4. The molecule has 1 aliphatic carbocycles. The molecule has 1 aromatic carbocycles. The monoisotopic (exact) mass is 403 g/mol. The Morgan fingerprint density at radius 2 is 2.07 bits per heavy atom. The van der Waals surface area contributed by atoms with E-state index >= 15 is 0 Å². The van der Waals surface area contributed by atoms with E-state index < -0.39 is 19.0 Å². The van der Waals surface area contributed by atoms with Crippen molar-refractivity contribution in [3.8, 4) is 5.75 Å². The number of rotatable bonds is 7. The fraction of sp³-hybridized carbons (Fsp3) is 0.600. The second-order valence-corrected chi connectivity index (χ2v) is 8.00. The highest BCUT2D eigenvalue weighted by atomic mass is 16.5. The van der Waals surface area contributed by atoms with Crippen molar-refractivity contribution in [3.05, 3.63) is 29.3 Å².